The molecule has 0 unspecified atom stereocenters. The van der Waals surface area contributed by atoms with Crippen molar-refractivity contribution in [3.63, 3.8) is 0 Å². The quantitative estimate of drug-likeness (QED) is 0.143. The molecule has 0 aromatic rings. The average Bonchev–Trinajstić information content (AvgIpc) is 2.84. The SMILES string of the molecule is CC(=O)N[C@@H]1[C@H](O[C@H]2[C@H](O)[C@@H](CO)O[C@@H](O[C@@H]3[C@@H](O)[C@H](C)O[C@@H](O)[C@@H]3O)[C@@H]2NC(C)=O)O[C@@H](C)[C@@H](O)[C@H]1O. The summed E-state index contributed by atoms with van der Waals surface area (Å²) in [5.41, 5.74) is 0. The lowest BCUT2D eigenvalue weighted by atomic mass is 9.94. The van der Waals surface area contributed by atoms with Gasteiger partial charge in [0.25, 0.3) is 0 Å². The Labute approximate surface area is 218 Å². The molecular formula is C22H38N2O14. The van der Waals surface area contributed by atoms with Gasteiger partial charge in [0.2, 0.25) is 11.8 Å². The van der Waals surface area contributed by atoms with E-state index in [1.165, 1.54) is 20.8 Å². The summed E-state index contributed by atoms with van der Waals surface area (Å²) >= 11 is 0. The molecule has 15 atom stereocenters. The predicted molar refractivity (Wildman–Crippen MR) is 122 cm³/mol. The van der Waals surface area contributed by atoms with Gasteiger partial charge in [-0.25, -0.2) is 0 Å². The molecule has 0 saturated carbocycles. The number of aliphatic hydroxyl groups excluding tert-OH is 7. The Kier molecular flexibility index (Phi) is 10.4. The molecular weight excluding hydrogens is 516 g/mol. The lowest BCUT2D eigenvalue weighted by Crippen LogP contribution is -2.70. The van der Waals surface area contributed by atoms with Gasteiger partial charge in [0.05, 0.1) is 18.8 Å². The molecule has 2 amide bonds. The van der Waals surface area contributed by atoms with E-state index in [1.807, 2.05) is 0 Å². The first-order valence-corrected chi connectivity index (χ1v) is 12.3. The summed E-state index contributed by atoms with van der Waals surface area (Å²) in [7, 11) is 0. The highest BCUT2D eigenvalue weighted by molar-refractivity contribution is 5.73. The summed E-state index contributed by atoms with van der Waals surface area (Å²) < 4.78 is 28.1. The maximum atomic E-state index is 12.1. The van der Waals surface area contributed by atoms with Crippen molar-refractivity contribution in [1.82, 2.24) is 10.6 Å². The molecule has 0 spiro atoms. The van der Waals surface area contributed by atoms with Crippen LogP contribution in [0.15, 0.2) is 0 Å². The van der Waals surface area contributed by atoms with E-state index in [4.69, 9.17) is 23.7 Å². The van der Waals surface area contributed by atoms with Gasteiger partial charge in [0.15, 0.2) is 18.9 Å². The Morgan fingerprint density at radius 1 is 0.684 bits per heavy atom. The van der Waals surface area contributed by atoms with Gasteiger partial charge in [0.1, 0.15) is 60.9 Å². The predicted octanol–water partition coefficient (Wildman–Crippen LogP) is -5.23. The summed E-state index contributed by atoms with van der Waals surface area (Å²) in [6.07, 6.45) is -18.7. The number of rotatable bonds is 7. The molecule has 0 aliphatic carbocycles. The zero-order valence-electron chi connectivity index (χ0n) is 21.4. The minimum absolute atomic E-state index is 0.580. The van der Waals surface area contributed by atoms with Crippen molar-refractivity contribution in [3.05, 3.63) is 0 Å². The zero-order chi connectivity index (χ0) is 28.5. The van der Waals surface area contributed by atoms with Crippen LogP contribution in [0.1, 0.15) is 27.7 Å². The number of aliphatic hydroxyl groups is 7. The van der Waals surface area contributed by atoms with E-state index in [0.29, 0.717) is 0 Å². The lowest BCUT2D eigenvalue weighted by Gasteiger charge is -2.49. The van der Waals surface area contributed by atoms with Crippen LogP contribution in [0.25, 0.3) is 0 Å². The highest BCUT2D eigenvalue weighted by Gasteiger charge is 2.53. The molecule has 3 heterocycles. The Balaban J connectivity index is 1.93. The van der Waals surface area contributed by atoms with E-state index in [-0.39, 0.29) is 0 Å². The first-order chi connectivity index (χ1) is 17.8. The van der Waals surface area contributed by atoms with Crippen molar-refractivity contribution in [2.75, 3.05) is 6.61 Å². The minimum atomic E-state index is -1.73. The molecule has 3 aliphatic rings. The second-order valence-electron chi connectivity index (χ2n) is 9.77. The minimum Gasteiger partial charge on any atom is -0.394 e. The second-order valence-corrected chi connectivity index (χ2v) is 9.77. The summed E-state index contributed by atoms with van der Waals surface area (Å²) in [5, 5.41) is 77.5. The van der Waals surface area contributed by atoms with Crippen molar-refractivity contribution in [1.29, 1.82) is 0 Å². The zero-order valence-corrected chi connectivity index (χ0v) is 21.4. The molecule has 0 aromatic carbocycles. The van der Waals surface area contributed by atoms with Crippen molar-refractivity contribution < 1.29 is 69.0 Å². The number of nitrogens with one attached hydrogen (secondary N) is 2. The number of carbonyl (C=O) groups is 2. The molecule has 0 aromatic heterocycles. The van der Waals surface area contributed by atoms with Gasteiger partial charge in [-0.15, -0.1) is 0 Å². The second kappa shape index (κ2) is 12.8. The summed E-state index contributed by atoms with van der Waals surface area (Å²) in [6, 6.07) is -2.66. The van der Waals surface area contributed by atoms with Crippen LogP contribution in [0.3, 0.4) is 0 Å². The lowest BCUT2D eigenvalue weighted by molar-refractivity contribution is -0.353. The van der Waals surface area contributed by atoms with Crippen LogP contribution in [-0.4, -0.2) is 146 Å². The third-order valence-corrected chi connectivity index (χ3v) is 6.82. The Morgan fingerprint density at radius 2 is 1.21 bits per heavy atom. The van der Waals surface area contributed by atoms with E-state index >= 15 is 0 Å². The molecule has 0 radical (unpaired) electrons. The van der Waals surface area contributed by atoms with Crippen molar-refractivity contribution >= 4 is 11.8 Å². The highest BCUT2D eigenvalue weighted by Crippen LogP contribution is 2.32. The Morgan fingerprint density at radius 3 is 1.79 bits per heavy atom. The van der Waals surface area contributed by atoms with E-state index in [9.17, 15) is 45.3 Å². The fourth-order valence-corrected chi connectivity index (χ4v) is 4.75. The van der Waals surface area contributed by atoms with Gasteiger partial charge in [-0.05, 0) is 13.8 Å². The Hall–Kier alpha value is -1.54. The van der Waals surface area contributed by atoms with Crippen LogP contribution >= 0.6 is 0 Å². The van der Waals surface area contributed by atoms with E-state index in [0.717, 1.165) is 6.92 Å². The van der Waals surface area contributed by atoms with Gasteiger partial charge in [0, 0.05) is 13.8 Å². The van der Waals surface area contributed by atoms with Gasteiger partial charge in [-0.3, -0.25) is 9.59 Å². The number of ether oxygens (including phenoxy) is 5. The van der Waals surface area contributed by atoms with Gasteiger partial charge in [-0.1, -0.05) is 0 Å². The van der Waals surface area contributed by atoms with Gasteiger partial charge >= 0.3 is 0 Å². The standard InChI is InChI=1S/C22H38N2O14/c1-6-13(28)16(31)11(23-8(3)26)21(35-6)37-18-12(24-9(4)27)22(36-10(5-25)15(18)30)38-19-14(29)7(2)34-20(33)17(19)32/h6-7,10-22,25,28-33H,5H2,1-4H3,(H,23,26)(H,24,27)/t6-,7-,10+,11-,12+,13+,14-,15+,16-,17+,18+,19+,20+,21-,22-/m0/s1. The largest absolute Gasteiger partial charge is 0.394 e. The molecule has 16 heteroatoms. The molecule has 220 valence electrons. The number of amides is 2. The molecule has 3 fully saturated rings. The molecule has 16 nitrogen and oxygen atoms in total. The fourth-order valence-electron chi connectivity index (χ4n) is 4.75. The number of carbonyl (C=O) groups excluding carboxylic acids is 2. The van der Waals surface area contributed by atoms with Gasteiger partial charge in [-0.2, -0.15) is 0 Å². The number of hydrogen-bond donors (Lipinski definition) is 9. The van der Waals surface area contributed by atoms with Crippen LogP contribution in [0, 0.1) is 0 Å². The van der Waals surface area contributed by atoms with Crippen LogP contribution in [0.2, 0.25) is 0 Å². The van der Waals surface area contributed by atoms with Crippen molar-refractivity contribution in [3.8, 4) is 0 Å². The molecule has 9 N–H and O–H groups in total. The molecule has 3 rings (SSSR count). The van der Waals surface area contributed by atoms with Crippen molar-refractivity contribution in [2.45, 2.75) is 120 Å². The molecule has 38 heavy (non-hydrogen) atoms. The van der Waals surface area contributed by atoms with E-state index in [1.54, 1.807) is 0 Å². The van der Waals surface area contributed by atoms with Crippen molar-refractivity contribution in [2.24, 2.45) is 0 Å². The third kappa shape index (κ3) is 6.60. The first kappa shape index (κ1) is 31.0. The van der Waals surface area contributed by atoms with Crippen LogP contribution in [0.5, 0.6) is 0 Å². The number of hydrogen-bond acceptors (Lipinski definition) is 14. The first-order valence-electron chi connectivity index (χ1n) is 12.3. The maximum absolute atomic E-state index is 12.1. The van der Waals surface area contributed by atoms with Crippen LogP contribution in [0.4, 0.5) is 0 Å². The topological polar surface area (TPSA) is 246 Å². The summed E-state index contributed by atoms with van der Waals surface area (Å²) in [4.78, 5) is 23.9. The third-order valence-electron chi connectivity index (χ3n) is 6.82. The van der Waals surface area contributed by atoms with Crippen LogP contribution < -0.4 is 10.6 Å². The average molecular weight is 555 g/mol. The smallest absolute Gasteiger partial charge is 0.217 e. The molecule has 0 bridgehead atoms. The Bertz CT molecular complexity index is 807. The summed E-state index contributed by atoms with van der Waals surface area (Å²) in [6.45, 7) is 4.46. The fraction of sp³-hybridized carbons (Fsp3) is 0.909. The van der Waals surface area contributed by atoms with Crippen LogP contribution in [-0.2, 0) is 33.3 Å². The monoisotopic (exact) mass is 554 g/mol. The van der Waals surface area contributed by atoms with E-state index < -0.39 is 110 Å². The van der Waals surface area contributed by atoms with Gasteiger partial charge < -0.3 is 70.1 Å². The van der Waals surface area contributed by atoms with E-state index in [2.05, 4.69) is 10.6 Å². The summed E-state index contributed by atoms with van der Waals surface area (Å²) in [5.74, 6) is -1.20. The molecule has 3 saturated heterocycles. The highest BCUT2D eigenvalue weighted by atomic mass is 16.7. The maximum Gasteiger partial charge on any atom is 0.217 e. The normalized spacial score (nSPS) is 47.8. The molecule has 3 aliphatic heterocycles.